The molecule has 1 saturated carbocycles. The first-order valence-corrected chi connectivity index (χ1v) is 12.2. The Kier molecular flexibility index (Phi) is 6.94. The molecule has 2 fully saturated rings. The van der Waals surface area contributed by atoms with Crippen LogP contribution in [0.4, 0.5) is 0 Å². The second kappa shape index (κ2) is 10.4. The van der Waals surface area contributed by atoms with E-state index in [-0.39, 0.29) is 42.9 Å². The third-order valence-electron chi connectivity index (χ3n) is 6.51. The Bertz CT molecular complexity index is 1130. The molecule has 3 aromatic rings. The van der Waals surface area contributed by atoms with E-state index in [2.05, 4.69) is 20.7 Å². The van der Waals surface area contributed by atoms with Crippen LogP contribution in [0.1, 0.15) is 56.1 Å². The van der Waals surface area contributed by atoms with Gasteiger partial charge in [-0.2, -0.15) is 4.80 Å². The second-order valence-electron chi connectivity index (χ2n) is 9.14. The molecule has 0 spiro atoms. The highest BCUT2D eigenvalue weighted by molar-refractivity contribution is 5.88. The number of nitrogens with zero attached hydrogens (tertiary/aromatic N) is 5. The summed E-state index contributed by atoms with van der Waals surface area (Å²) in [6.45, 7) is 2.54. The lowest BCUT2D eigenvalue weighted by Gasteiger charge is -2.32. The highest BCUT2D eigenvalue weighted by Crippen LogP contribution is 2.27. The lowest BCUT2D eigenvalue weighted by molar-refractivity contribution is -0.144. The minimum Gasteiger partial charge on any atom is -0.467 e. The average molecular weight is 483 g/mol. The van der Waals surface area contributed by atoms with E-state index in [0.29, 0.717) is 18.1 Å². The SMILES string of the molecule is Cc1ccc(-c2nnn(CC(=O)N(CC3CCCO3)C(C(=O)NC3CCCC3)c3ccco3)n2)o1. The van der Waals surface area contributed by atoms with E-state index >= 15 is 0 Å². The highest BCUT2D eigenvalue weighted by Gasteiger charge is 2.37. The van der Waals surface area contributed by atoms with Crippen molar-refractivity contribution in [3.63, 3.8) is 0 Å². The molecular weight excluding hydrogens is 452 g/mol. The van der Waals surface area contributed by atoms with Crippen molar-refractivity contribution >= 4 is 11.8 Å². The van der Waals surface area contributed by atoms with E-state index in [4.69, 9.17) is 13.6 Å². The van der Waals surface area contributed by atoms with Crippen molar-refractivity contribution in [3.05, 3.63) is 42.0 Å². The van der Waals surface area contributed by atoms with Crippen molar-refractivity contribution in [2.75, 3.05) is 13.2 Å². The molecular formula is C24H30N6O5. The Morgan fingerprint density at radius 1 is 1.20 bits per heavy atom. The van der Waals surface area contributed by atoms with Crippen molar-refractivity contribution in [1.29, 1.82) is 0 Å². The molecule has 1 saturated heterocycles. The summed E-state index contributed by atoms with van der Waals surface area (Å²) in [5.74, 6) is 1.31. The Morgan fingerprint density at radius 3 is 2.74 bits per heavy atom. The first kappa shape index (κ1) is 23.3. The summed E-state index contributed by atoms with van der Waals surface area (Å²) in [6.07, 6.45) is 7.15. The molecule has 2 aliphatic rings. The third-order valence-corrected chi connectivity index (χ3v) is 6.51. The molecule has 1 aliphatic heterocycles. The lowest BCUT2D eigenvalue weighted by atomic mass is 10.1. The summed E-state index contributed by atoms with van der Waals surface area (Å²) in [7, 11) is 0. The fourth-order valence-corrected chi connectivity index (χ4v) is 4.76. The van der Waals surface area contributed by atoms with Gasteiger partial charge >= 0.3 is 0 Å². The van der Waals surface area contributed by atoms with Gasteiger partial charge in [0.1, 0.15) is 18.1 Å². The number of amides is 2. The number of furan rings is 2. The van der Waals surface area contributed by atoms with E-state index < -0.39 is 6.04 Å². The molecule has 2 unspecified atom stereocenters. The van der Waals surface area contributed by atoms with Gasteiger partial charge in [0.2, 0.25) is 11.7 Å². The summed E-state index contributed by atoms with van der Waals surface area (Å²) < 4.78 is 17.0. The monoisotopic (exact) mass is 482 g/mol. The molecule has 11 nitrogen and oxygen atoms in total. The van der Waals surface area contributed by atoms with Crippen LogP contribution in [0.5, 0.6) is 0 Å². The number of nitrogens with one attached hydrogen (secondary N) is 1. The Balaban J connectivity index is 1.39. The predicted octanol–water partition coefficient (Wildman–Crippen LogP) is 2.64. The molecule has 4 heterocycles. The summed E-state index contributed by atoms with van der Waals surface area (Å²) >= 11 is 0. The van der Waals surface area contributed by atoms with Gasteiger partial charge in [-0.25, -0.2) is 0 Å². The Labute approximate surface area is 202 Å². The first-order chi connectivity index (χ1) is 17.1. The van der Waals surface area contributed by atoms with E-state index in [9.17, 15) is 9.59 Å². The molecule has 186 valence electrons. The highest BCUT2D eigenvalue weighted by atomic mass is 16.5. The van der Waals surface area contributed by atoms with Gasteiger partial charge in [-0.05, 0) is 62.1 Å². The first-order valence-electron chi connectivity index (χ1n) is 12.2. The zero-order chi connectivity index (χ0) is 24.2. The van der Waals surface area contributed by atoms with Crippen LogP contribution in [0.25, 0.3) is 11.6 Å². The zero-order valence-electron chi connectivity index (χ0n) is 19.8. The number of hydrogen-bond acceptors (Lipinski definition) is 8. The van der Waals surface area contributed by atoms with Crippen LogP contribution in [0.3, 0.4) is 0 Å². The molecule has 5 rings (SSSR count). The number of carbonyl (C=O) groups excluding carboxylic acids is 2. The average Bonchev–Trinajstić information content (AvgIpc) is 3.65. The Morgan fingerprint density at radius 2 is 2.06 bits per heavy atom. The number of tetrazole rings is 1. The molecule has 2 atom stereocenters. The van der Waals surface area contributed by atoms with E-state index in [0.717, 1.165) is 44.3 Å². The van der Waals surface area contributed by atoms with Gasteiger partial charge in [0.25, 0.3) is 5.91 Å². The molecule has 11 heteroatoms. The largest absolute Gasteiger partial charge is 0.467 e. The smallest absolute Gasteiger partial charge is 0.250 e. The number of ether oxygens (including phenoxy) is 1. The molecule has 0 bridgehead atoms. The van der Waals surface area contributed by atoms with Crippen LogP contribution in [0.15, 0.2) is 39.4 Å². The Hall–Kier alpha value is -3.47. The van der Waals surface area contributed by atoms with E-state index in [1.807, 2.05) is 6.92 Å². The van der Waals surface area contributed by atoms with Crippen molar-refractivity contribution < 1.29 is 23.2 Å². The van der Waals surface area contributed by atoms with Crippen LogP contribution in [0, 0.1) is 6.92 Å². The van der Waals surface area contributed by atoms with Crippen molar-refractivity contribution in [3.8, 4) is 11.6 Å². The van der Waals surface area contributed by atoms with Gasteiger partial charge in [0.05, 0.1) is 12.4 Å². The molecule has 0 aromatic carbocycles. The second-order valence-corrected chi connectivity index (χ2v) is 9.14. The molecule has 35 heavy (non-hydrogen) atoms. The van der Waals surface area contributed by atoms with Crippen LogP contribution in [-0.2, 0) is 20.9 Å². The maximum absolute atomic E-state index is 13.6. The number of aromatic nitrogens is 4. The van der Waals surface area contributed by atoms with Crippen molar-refractivity contribution in [2.45, 2.75) is 70.2 Å². The number of hydrogen-bond donors (Lipinski definition) is 1. The van der Waals surface area contributed by atoms with Gasteiger partial charge in [-0.15, -0.1) is 10.2 Å². The normalized spacial score (nSPS) is 19.2. The fraction of sp³-hybridized carbons (Fsp3) is 0.542. The fourth-order valence-electron chi connectivity index (χ4n) is 4.76. The summed E-state index contributed by atoms with van der Waals surface area (Å²) in [4.78, 5) is 29.9. The summed E-state index contributed by atoms with van der Waals surface area (Å²) in [5, 5.41) is 15.4. The molecule has 1 aliphatic carbocycles. The maximum Gasteiger partial charge on any atom is 0.250 e. The van der Waals surface area contributed by atoms with Gasteiger partial charge in [0, 0.05) is 19.2 Å². The minimum absolute atomic E-state index is 0.107. The van der Waals surface area contributed by atoms with Gasteiger partial charge in [-0.1, -0.05) is 12.8 Å². The predicted molar refractivity (Wildman–Crippen MR) is 123 cm³/mol. The van der Waals surface area contributed by atoms with E-state index in [1.165, 1.54) is 16.0 Å². The van der Waals surface area contributed by atoms with Crippen LogP contribution in [0.2, 0.25) is 0 Å². The number of aryl methyl sites for hydroxylation is 1. The van der Waals surface area contributed by atoms with Crippen molar-refractivity contribution in [1.82, 2.24) is 30.4 Å². The molecule has 0 radical (unpaired) electrons. The van der Waals surface area contributed by atoms with Gasteiger partial charge in [0.15, 0.2) is 11.8 Å². The zero-order valence-corrected chi connectivity index (χ0v) is 19.8. The molecule has 2 amide bonds. The van der Waals surface area contributed by atoms with Crippen LogP contribution in [-0.4, -0.2) is 62.2 Å². The number of carbonyl (C=O) groups is 2. The summed E-state index contributed by atoms with van der Waals surface area (Å²) in [6, 6.07) is 6.19. The van der Waals surface area contributed by atoms with Crippen LogP contribution >= 0.6 is 0 Å². The third kappa shape index (κ3) is 5.45. The van der Waals surface area contributed by atoms with Gasteiger partial charge in [-0.3, -0.25) is 9.59 Å². The summed E-state index contributed by atoms with van der Waals surface area (Å²) in [5.41, 5.74) is 0. The lowest BCUT2D eigenvalue weighted by Crippen LogP contribution is -2.49. The molecule has 1 N–H and O–H groups in total. The van der Waals surface area contributed by atoms with E-state index in [1.54, 1.807) is 24.3 Å². The maximum atomic E-state index is 13.6. The van der Waals surface area contributed by atoms with Gasteiger partial charge < -0.3 is 23.8 Å². The van der Waals surface area contributed by atoms with Crippen LogP contribution < -0.4 is 5.32 Å². The standard InChI is InChI=1S/C24H30N6O5/c1-16-10-11-20(35-16)23-26-28-30(27-23)15-21(31)29(14-18-8-4-12-33-18)22(19-9-5-13-34-19)24(32)25-17-6-2-3-7-17/h5,9-11,13,17-18,22H,2-4,6-8,12,14-15H2,1H3,(H,25,32). The minimum atomic E-state index is -0.919. The topological polar surface area (TPSA) is 129 Å². The quantitative estimate of drug-likeness (QED) is 0.493. The van der Waals surface area contributed by atoms with Crippen molar-refractivity contribution in [2.24, 2.45) is 0 Å². The number of rotatable bonds is 9. The molecule has 3 aromatic heterocycles.